The van der Waals surface area contributed by atoms with Gasteiger partial charge in [0.15, 0.2) is 0 Å². The zero-order chi connectivity index (χ0) is 13.9. The van der Waals surface area contributed by atoms with Gasteiger partial charge in [0, 0.05) is 44.7 Å². The van der Waals surface area contributed by atoms with Gasteiger partial charge >= 0.3 is 0 Å². The lowest BCUT2D eigenvalue weighted by Crippen LogP contribution is -2.48. The third-order valence-corrected chi connectivity index (χ3v) is 4.05. The number of hydrogen-bond acceptors (Lipinski definition) is 4. The molecule has 1 saturated heterocycles. The molecule has 4 heteroatoms. The zero-order valence-corrected chi connectivity index (χ0v) is 12.0. The molecule has 0 radical (unpaired) electrons. The minimum absolute atomic E-state index is 0.743. The first-order chi connectivity index (χ1) is 9.78. The molecule has 0 unspecified atom stereocenters. The van der Waals surface area contributed by atoms with Crippen molar-refractivity contribution in [3.63, 3.8) is 0 Å². The molecule has 0 saturated carbocycles. The van der Waals surface area contributed by atoms with Crippen molar-refractivity contribution in [2.24, 2.45) is 5.73 Å². The van der Waals surface area contributed by atoms with E-state index in [-0.39, 0.29) is 0 Å². The van der Waals surface area contributed by atoms with Crippen molar-refractivity contribution in [3.8, 4) is 0 Å². The fourth-order valence-corrected chi connectivity index (χ4v) is 2.84. The maximum atomic E-state index is 5.62. The molecule has 1 aromatic heterocycles. The van der Waals surface area contributed by atoms with Gasteiger partial charge in [-0.25, -0.2) is 4.98 Å². The van der Waals surface area contributed by atoms with Crippen LogP contribution in [-0.4, -0.2) is 49.2 Å². The maximum absolute atomic E-state index is 5.62. The highest BCUT2D eigenvalue weighted by Crippen LogP contribution is 2.21. The van der Waals surface area contributed by atoms with Crippen LogP contribution in [-0.2, 0) is 0 Å². The molecule has 106 valence electrons. The number of fused-ring (bicyclic) bond motifs is 1. The van der Waals surface area contributed by atoms with Crippen LogP contribution in [0, 0.1) is 6.92 Å². The van der Waals surface area contributed by atoms with Gasteiger partial charge in [-0.05, 0) is 24.6 Å². The summed E-state index contributed by atoms with van der Waals surface area (Å²) in [6.07, 6.45) is 0. The first-order valence-corrected chi connectivity index (χ1v) is 7.31. The number of nitrogens with two attached hydrogens (primary N) is 1. The van der Waals surface area contributed by atoms with Gasteiger partial charge in [0.05, 0.1) is 5.52 Å². The molecule has 4 nitrogen and oxygen atoms in total. The zero-order valence-electron chi connectivity index (χ0n) is 12.0. The number of pyridine rings is 1. The number of hydrogen-bond donors (Lipinski definition) is 1. The van der Waals surface area contributed by atoms with E-state index in [2.05, 4.69) is 47.1 Å². The Morgan fingerprint density at radius 3 is 2.65 bits per heavy atom. The van der Waals surface area contributed by atoms with Crippen LogP contribution in [0.5, 0.6) is 0 Å². The van der Waals surface area contributed by atoms with Crippen molar-refractivity contribution >= 4 is 16.7 Å². The van der Waals surface area contributed by atoms with Crippen molar-refractivity contribution in [2.75, 3.05) is 44.2 Å². The Balaban J connectivity index is 1.79. The third kappa shape index (κ3) is 2.62. The lowest BCUT2D eigenvalue weighted by atomic mass is 10.1. The Labute approximate surface area is 120 Å². The molecule has 0 atom stereocenters. The van der Waals surface area contributed by atoms with Crippen LogP contribution in [0.3, 0.4) is 0 Å². The van der Waals surface area contributed by atoms with E-state index in [1.54, 1.807) is 0 Å². The Morgan fingerprint density at radius 1 is 1.10 bits per heavy atom. The SMILES string of the molecule is Cc1cccc2ccc(N3CCN(CCN)CC3)nc12. The number of piperazine rings is 1. The average molecular weight is 270 g/mol. The molecular weight excluding hydrogens is 248 g/mol. The Kier molecular flexibility index (Phi) is 3.85. The average Bonchev–Trinajstić information content (AvgIpc) is 2.49. The number of anilines is 1. The van der Waals surface area contributed by atoms with Crippen molar-refractivity contribution in [1.82, 2.24) is 9.88 Å². The van der Waals surface area contributed by atoms with Crippen molar-refractivity contribution < 1.29 is 0 Å². The Hall–Kier alpha value is -1.65. The second-order valence-corrected chi connectivity index (χ2v) is 5.43. The van der Waals surface area contributed by atoms with E-state index in [4.69, 9.17) is 10.7 Å². The van der Waals surface area contributed by atoms with Gasteiger partial charge < -0.3 is 10.6 Å². The van der Waals surface area contributed by atoms with Gasteiger partial charge in [0.2, 0.25) is 0 Å². The number of aryl methyl sites for hydroxylation is 1. The van der Waals surface area contributed by atoms with Gasteiger partial charge in [-0.2, -0.15) is 0 Å². The lowest BCUT2D eigenvalue weighted by molar-refractivity contribution is 0.264. The second-order valence-electron chi connectivity index (χ2n) is 5.43. The van der Waals surface area contributed by atoms with Crippen LogP contribution < -0.4 is 10.6 Å². The van der Waals surface area contributed by atoms with E-state index in [0.717, 1.165) is 50.6 Å². The second kappa shape index (κ2) is 5.77. The number of nitrogens with zero attached hydrogens (tertiary/aromatic N) is 3. The fourth-order valence-electron chi connectivity index (χ4n) is 2.84. The largest absolute Gasteiger partial charge is 0.354 e. The number of rotatable bonds is 3. The first kappa shape index (κ1) is 13.3. The number of aromatic nitrogens is 1. The fraction of sp³-hybridized carbons (Fsp3) is 0.438. The van der Waals surface area contributed by atoms with Gasteiger partial charge in [-0.15, -0.1) is 0 Å². The van der Waals surface area contributed by atoms with Crippen LogP contribution in [0.25, 0.3) is 10.9 Å². The molecule has 2 N–H and O–H groups in total. The summed E-state index contributed by atoms with van der Waals surface area (Å²) in [6, 6.07) is 10.7. The molecule has 1 aromatic carbocycles. The van der Waals surface area contributed by atoms with E-state index in [1.165, 1.54) is 10.9 Å². The summed E-state index contributed by atoms with van der Waals surface area (Å²) in [5, 5.41) is 1.22. The van der Waals surface area contributed by atoms with Gasteiger partial charge in [0.25, 0.3) is 0 Å². The number of para-hydroxylation sites is 1. The molecule has 0 aliphatic carbocycles. The molecule has 0 bridgehead atoms. The maximum Gasteiger partial charge on any atom is 0.129 e. The third-order valence-electron chi connectivity index (χ3n) is 4.05. The molecule has 1 fully saturated rings. The van der Waals surface area contributed by atoms with Gasteiger partial charge in [0.1, 0.15) is 5.82 Å². The van der Waals surface area contributed by atoms with Crippen LogP contribution in [0.2, 0.25) is 0 Å². The van der Waals surface area contributed by atoms with Crippen LogP contribution in [0.15, 0.2) is 30.3 Å². The smallest absolute Gasteiger partial charge is 0.129 e. The van der Waals surface area contributed by atoms with Crippen molar-refractivity contribution in [3.05, 3.63) is 35.9 Å². The van der Waals surface area contributed by atoms with E-state index in [9.17, 15) is 0 Å². The van der Waals surface area contributed by atoms with Crippen LogP contribution in [0.4, 0.5) is 5.82 Å². The molecule has 2 heterocycles. The molecular formula is C16H22N4. The normalized spacial score (nSPS) is 16.8. The highest BCUT2D eigenvalue weighted by Gasteiger charge is 2.17. The van der Waals surface area contributed by atoms with Gasteiger partial charge in [-0.3, -0.25) is 4.90 Å². The molecule has 1 aliphatic heterocycles. The topological polar surface area (TPSA) is 45.4 Å². The van der Waals surface area contributed by atoms with E-state index >= 15 is 0 Å². The highest BCUT2D eigenvalue weighted by atomic mass is 15.3. The molecule has 0 spiro atoms. The molecule has 0 amide bonds. The highest BCUT2D eigenvalue weighted by molar-refractivity contribution is 5.83. The standard InChI is InChI=1S/C16H22N4/c1-13-3-2-4-14-5-6-15(18-16(13)14)20-11-9-19(8-7-17)10-12-20/h2-6H,7-12,17H2,1H3. The van der Waals surface area contributed by atoms with Crippen LogP contribution in [0.1, 0.15) is 5.56 Å². The molecule has 3 rings (SSSR count). The lowest BCUT2D eigenvalue weighted by Gasteiger charge is -2.35. The quantitative estimate of drug-likeness (QED) is 0.920. The summed E-state index contributed by atoms with van der Waals surface area (Å²) in [4.78, 5) is 9.65. The summed E-state index contributed by atoms with van der Waals surface area (Å²) < 4.78 is 0. The molecule has 20 heavy (non-hydrogen) atoms. The summed E-state index contributed by atoms with van der Waals surface area (Å²) in [7, 11) is 0. The first-order valence-electron chi connectivity index (χ1n) is 7.31. The van der Waals surface area contributed by atoms with E-state index < -0.39 is 0 Å². The predicted octanol–water partition coefficient (Wildman–Crippen LogP) is 1.62. The van der Waals surface area contributed by atoms with E-state index in [1.807, 2.05) is 0 Å². The minimum atomic E-state index is 0.743. The Morgan fingerprint density at radius 2 is 1.90 bits per heavy atom. The number of benzene rings is 1. The van der Waals surface area contributed by atoms with Crippen LogP contribution >= 0.6 is 0 Å². The Bertz CT molecular complexity index is 588. The van der Waals surface area contributed by atoms with Crippen molar-refractivity contribution in [1.29, 1.82) is 0 Å². The summed E-state index contributed by atoms with van der Waals surface area (Å²) in [5.41, 5.74) is 7.98. The monoisotopic (exact) mass is 270 g/mol. The summed E-state index contributed by atoms with van der Waals surface area (Å²) >= 11 is 0. The van der Waals surface area contributed by atoms with E-state index in [0.29, 0.717) is 0 Å². The predicted molar refractivity (Wildman–Crippen MR) is 84.2 cm³/mol. The molecule has 1 aliphatic rings. The van der Waals surface area contributed by atoms with Gasteiger partial charge in [-0.1, -0.05) is 18.2 Å². The minimum Gasteiger partial charge on any atom is -0.354 e. The summed E-state index contributed by atoms with van der Waals surface area (Å²) in [6.45, 7) is 8.08. The molecule has 2 aromatic rings. The van der Waals surface area contributed by atoms with Crippen molar-refractivity contribution in [2.45, 2.75) is 6.92 Å². The summed E-state index contributed by atoms with van der Waals surface area (Å²) in [5.74, 6) is 1.10.